The van der Waals surface area contributed by atoms with Gasteiger partial charge in [0.1, 0.15) is 0 Å². The minimum atomic E-state index is -3.56. The van der Waals surface area contributed by atoms with Gasteiger partial charge in [-0.2, -0.15) is 0 Å². The van der Waals surface area contributed by atoms with E-state index in [0.717, 1.165) is 20.1 Å². The first-order valence-corrected chi connectivity index (χ1v) is 12.7. The smallest absolute Gasteiger partial charge is 0.260 e. The summed E-state index contributed by atoms with van der Waals surface area (Å²) in [5.41, 5.74) is 2.39. The van der Waals surface area contributed by atoms with E-state index in [1.165, 1.54) is 37.6 Å². The molecule has 8 nitrogen and oxygen atoms in total. The minimum absolute atomic E-state index is 0.145. The van der Waals surface area contributed by atoms with Crippen molar-refractivity contribution in [2.24, 2.45) is 0 Å². The van der Waals surface area contributed by atoms with E-state index in [9.17, 15) is 13.2 Å². The summed E-state index contributed by atoms with van der Waals surface area (Å²) in [5.74, 6) is -0.217. The highest BCUT2D eigenvalue weighted by molar-refractivity contribution is 7.89. The van der Waals surface area contributed by atoms with Crippen LogP contribution in [0.1, 0.15) is 22.3 Å². The molecule has 2 aromatic carbocycles. The number of rotatable bonds is 8. The molecule has 0 aliphatic carbocycles. The van der Waals surface area contributed by atoms with Gasteiger partial charge in [0.05, 0.1) is 21.4 Å². The van der Waals surface area contributed by atoms with Gasteiger partial charge >= 0.3 is 0 Å². The number of hydrogen-bond donors (Lipinski definition) is 0. The highest BCUT2D eigenvalue weighted by Gasteiger charge is 2.23. The molecule has 4 aromatic rings. The van der Waals surface area contributed by atoms with E-state index >= 15 is 0 Å². The van der Waals surface area contributed by atoms with Crippen LogP contribution in [0, 0.1) is 6.92 Å². The summed E-state index contributed by atoms with van der Waals surface area (Å²) in [7, 11) is -0.608. The van der Waals surface area contributed by atoms with Crippen molar-refractivity contribution in [3.63, 3.8) is 0 Å². The number of imidazole rings is 1. The van der Waals surface area contributed by atoms with E-state index in [2.05, 4.69) is 11.1 Å². The maximum atomic E-state index is 13.5. The fourth-order valence-electron chi connectivity index (χ4n) is 3.39. The van der Waals surface area contributed by atoms with Crippen molar-refractivity contribution in [3.05, 3.63) is 72.3 Å². The summed E-state index contributed by atoms with van der Waals surface area (Å²) < 4.78 is 28.9. The summed E-state index contributed by atoms with van der Waals surface area (Å²) in [6.07, 6.45) is 6.07. The fourth-order valence-corrected chi connectivity index (χ4v) is 5.38. The van der Waals surface area contributed by atoms with Crippen LogP contribution in [0.5, 0.6) is 0 Å². The number of sulfonamides is 1. The standard InChI is InChI=1S/C23H25N5O3S2/c1-17-5-10-20-21(15-17)32-23(25-20)28(13-4-12-27-14-11-24-16-27)22(29)18-6-8-19(9-7-18)33(30,31)26(2)3/h5-11,14-16H,4,12-13H2,1-3H3. The quantitative estimate of drug-likeness (QED) is 0.380. The maximum Gasteiger partial charge on any atom is 0.260 e. The van der Waals surface area contributed by atoms with Gasteiger partial charge in [-0.1, -0.05) is 17.4 Å². The first-order valence-electron chi connectivity index (χ1n) is 10.4. The number of aryl methyl sites for hydroxylation is 2. The van der Waals surface area contributed by atoms with Crippen molar-refractivity contribution in [1.82, 2.24) is 18.8 Å². The van der Waals surface area contributed by atoms with Crippen LogP contribution in [0.3, 0.4) is 0 Å². The Balaban J connectivity index is 1.63. The van der Waals surface area contributed by atoms with Crippen LogP contribution in [0.2, 0.25) is 0 Å². The van der Waals surface area contributed by atoms with Gasteiger partial charge in [-0.15, -0.1) is 0 Å². The van der Waals surface area contributed by atoms with Crippen molar-refractivity contribution in [3.8, 4) is 0 Å². The maximum absolute atomic E-state index is 13.5. The molecule has 0 aliphatic rings. The van der Waals surface area contributed by atoms with Gasteiger partial charge < -0.3 is 4.57 Å². The van der Waals surface area contributed by atoms with Gasteiger partial charge in [0.15, 0.2) is 5.13 Å². The molecular formula is C23H25N5O3S2. The number of anilines is 1. The molecule has 0 saturated carbocycles. The Hall–Kier alpha value is -3.08. The van der Waals surface area contributed by atoms with Gasteiger partial charge in [0, 0.05) is 45.1 Å². The number of nitrogens with zero attached hydrogens (tertiary/aromatic N) is 5. The second-order valence-corrected chi connectivity index (χ2v) is 11.1. The van der Waals surface area contributed by atoms with Crippen LogP contribution in [-0.2, 0) is 16.6 Å². The molecule has 10 heteroatoms. The molecule has 0 bridgehead atoms. The van der Waals surface area contributed by atoms with E-state index in [4.69, 9.17) is 4.98 Å². The summed E-state index contributed by atoms with van der Waals surface area (Å²) in [5, 5.41) is 0.622. The lowest BCUT2D eigenvalue weighted by Gasteiger charge is -2.20. The molecule has 2 heterocycles. The largest absolute Gasteiger partial charge is 0.337 e. The number of carbonyl (C=O) groups excluding carboxylic acids is 1. The predicted molar refractivity (Wildman–Crippen MR) is 130 cm³/mol. The second kappa shape index (κ2) is 9.42. The molecule has 0 N–H and O–H groups in total. The number of fused-ring (bicyclic) bond motifs is 1. The third-order valence-electron chi connectivity index (χ3n) is 5.25. The van der Waals surface area contributed by atoms with Crippen LogP contribution >= 0.6 is 11.3 Å². The third-order valence-corrected chi connectivity index (χ3v) is 8.12. The monoisotopic (exact) mass is 483 g/mol. The van der Waals surface area contributed by atoms with E-state index in [1.54, 1.807) is 29.6 Å². The molecule has 0 unspecified atom stereocenters. The number of carbonyl (C=O) groups is 1. The minimum Gasteiger partial charge on any atom is -0.337 e. The zero-order chi connectivity index (χ0) is 23.6. The molecule has 0 spiro atoms. The lowest BCUT2D eigenvalue weighted by Crippen LogP contribution is -2.32. The van der Waals surface area contributed by atoms with Crippen molar-refractivity contribution in [1.29, 1.82) is 0 Å². The van der Waals surface area contributed by atoms with Gasteiger partial charge in [-0.3, -0.25) is 9.69 Å². The first kappa shape index (κ1) is 23.1. The number of benzene rings is 2. The summed E-state index contributed by atoms with van der Waals surface area (Å²) in [6.45, 7) is 3.21. The van der Waals surface area contributed by atoms with Crippen LogP contribution in [0.4, 0.5) is 5.13 Å². The molecule has 0 saturated heterocycles. The molecule has 172 valence electrons. The molecule has 0 aliphatic heterocycles. The van der Waals surface area contributed by atoms with E-state index in [0.29, 0.717) is 30.2 Å². The first-order chi connectivity index (χ1) is 15.8. The summed E-state index contributed by atoms with van der Waals surface area (Å²) >= 11 is 1.47. The number of amides is 1. The Bertz CT molecular complexity index is 1360. The zero-order valence-electron chi connectivity index (χ0n) is 18.7. The fraction of sp³-hybridized carbons (Fsp3) is 0.261. The normalized spacial score (nSPS) is 11.9. The average molecular weight is 484 g/mol. The molecule has 0 radical (unpaired) electrons. The Morgan fingerprint density at radius 1 is 1.12 bits per heavy atom. The Morgan fingerprint density at radius 2 is 1.88 bits per heavy atom. The molecule has 0 atom stereocenters. The Kier molecular flexibility index (Phi) is 6.59. The molecule has 2 aromatic heterocycles. The topological polar surface area (TPSA) is 88.4 Å². The summed E-state index contributed by atoms with van der Waals surface area (Å²) in [4.78, 5) is 24.1. The Morgan fingerprint density at radius 3 is 2.55 bits per heavy atom. The van der Waals surface area contributed by atoms with Crippen LogP contribution in [-0.4, -0.2) is 53.8 Å². The van der Waals surface area contributed by atoms with Crippen molar-refractivity contribution in [2.45, 2.75) is 24.8 Å². The van der Waals surface area contributed by atoms with Crippen molar-refractivity contribution >= 4 is 42.6 Å². The van der Waals surface area contributed by atoms with Crippen LogP contribution < -0.4 is 4.90 Å². The Labute approximate surface area is 197 Å². The van der Waals surface area contributed by atoms with Crippen molar-refractivity contribution in [2.75, 3.05) is 25.5 Å². The number of aromatic nitrogens is 3. The van der Waals surface area contributed by atoms with E-state index < -0.39 is 10.0 Å². The highest BCUT2D eigenvalue weighted by atomic mass is 32.2. The molecule has 0 fully saturated rings. The molecular weight excluding hydrogens is 458 g/mol. The lowest BCUT2D eigenvalue weighted by atomic mass is 10.2. The molecule has 4 rings (SSSR count). The van der Waals surface area contributed by atoms with Gasteiger partial charge in [0.2, 0.25) is 10.0 Å². The van der Waals surface area contributed by atoms with Gasteiger partial charge in [-0.25, -0.2) is 22.7 Å². The highest BCUT2D eigenvalue weighted by Crippen LogP contribution is 2.31. The van der Waals surface area contributed by atoms with Gasteiger partial charge in [0.25, 0.3) is 5.91 Å². The lowest BCUT2D eigenvalue weighted by molar-refractivity contribution is 0.0986. The predicted octanol–water partition coefficient (Wildman–Crippen LogP) is 3.79. The molecule has 33 heavy (non-hydrogen) atoms. The number of thiazole rings is 1. The van der Waals surface area contributed by atoms with E-state index in [1.807, 2.05) is 29.8 Å². The van der Waals surface area contributed by atoms with Crippen LogP contribution in [0.25, 0.3) is 10.2 Å². The van der Waals surface area contributed by atoms with Crippen molar-refractivity contribution < 1.29 is 13.2 Å². The SMILES string of the molecule is Cc1ccc2nc(N(CCCn3ccnc3)C(=O)c3ccc(S(=O)(=O)N(C)C)cc3)sc2c1. The second-order valence-electron chi connectivity index (χ2n) is 7.89. The molecule has 1 amide bonds. The average Bonchev–Trinajstić information content (AvgIpc) is 3.45. The zero-order valence-corrected chi connectivity index (χ0v) is 20.3. The van der Waals surface area contributed by atoms with Gasteiger partial charge in [-0.05, 0) is 55.3 Å². The third kappa shape index (κ3) is 4.97. The van der Waals surface area contributed by atoms with Crippen LogP contribution in [0.15, 0.2) is 66.1 Å². The van der Waals surface area contributed by atoms with E-state index in [-0.39, 0.29) is 10.8 Å². The summed E-state index contributed by atoms with van der Waals surface area (Å²) in [6, 6.07) is 12.1. The number of hydrogen-bond acceptors (Lipinski definition) is 6.